The smallest absolute Gasteiger partial charge is 0.264 e. The number of nitrogens with one attached hydrogen (secondary N) is 1. The van der Waals surface area contributed by atoms with Gasteiger partial charge in [0.15, 0.2) is 0 Å². The van der Waals surface area contributed by atoms with Gasteiger partial charge in [-0.2, -0.15) is 0 Å². The van der Waals surface area contributed by atoms with Crippen molar-refractivity contribution in [3.05, 3.63) is 94.5 Å². The Labute approximate surface area is 240 Å². The Balaban J connectivity index is 2.04. The number of rotatable bonds is 10. The third kappa shape index (κ3) is 8.21. The Morgan fingerprint density at radius 3 is 1.92 bits per heavy atom. The molecule has 0 aromatic heterocycles. The summed E-state index contributed by atoms with van der Waals surface area (Å²) in [4.78, 5) is 28.7. The Kier molecular flexibility index (Phi) is 10.0. The monoisotopic (exact) mass is 589 g/mol. The molecule has 1 atom stereocenters. The molecule has 7 nitrogen and oxygen atoms in total. The van der Waals surface area contributed by atoms with Crippen molar-refractivity contribution >= 4 is 50.7 Å². The van der Waals surface area contributed by atoms with Crippen LogP contribution in [-0.4, -0.2) is 43.3 Å². The van der Waals surface area contributed by atoms with E-state index in [1.165, 1.54) is 29.2 Å². The fourth-order valence-electron chi connectivity index (χ4n) is 4.02. The number of hydrogen-bond donors (Lipinski definition) is 1. The molecule has 0 unspecified atom stereocenters. The minimum Gasteiger partial charge on any atom is -0.350 e. The molecule has 0 heterocycles. The van der Waals surface area contributed by atoms with Crippen molar-refractivity contribution in [1.29, 1.82) is 0 Å². The number of hydrogen-bond acceptors (Lipinski definition) is 4. The first kappa shape index (κ1) is 30.5. The van der Waals surface area contributed by atoms with Crippen LogP contribution in [0.4, 0.5) is 5.69 Å². The molecule has 3 aromatic carbocycles. The molecule has 2 amide bonds. The van der Waals surface area contributed by atoms with E-state index in [1.54, 1.807) is 54.6 Å². The van der Waals surface area contributed by atoms with Crippen LogP contribution in [0.1, 0.15) is 39.7 Å². The van der Waals surface area contributed by atoms with Crippen molar-refractivity contribution < 1.29 is 18.0 Å². The SMILES string of the molecule is CC[C@@H](C(=O)NC(C)(C)C)N(Cc1ccc(Cl)cc1)C(=O)CN(c1ccccc1)S(=O)(=O)c1ccc(Cl)cc1. The number of carbonyl (C=O) groups excluding carboxylic acids is 2. The second kappa shape index (κ2) is 12.9. The van der Waals surface area contributed by atoms with Gasteiger partial charge in [-0.15, -0.1) is 0 Å². The maximum Gasteiger partial charge on any atom is 0.264 e. The van der Waals surface area contributed by atoms with Crippen LogP contribution in [0.2, 0.25) is 10.0 Å². The van der Waals surface area contributed by atoms with Crippen LogP contribution in [0.3, 0.4) is 0 Å². The molecule has 0 fully saturated rings. The molecule has 0 saturated carbocycles. The van der Waals surface area contributed by atoms with Crippen molar-refractivity contribution in [2.75, 3.05) is 10.8 Å². The van der Waals surface area contributed by atoms with E-state index < -0.39 is 34.1 Å². The lowest BCUT2D eigenvalue weighted by atomic mass is 10.1. The molecular formula is C29H33Cl2N3O4S. The van der Waals surface area contributed by atoms with E-state index in [2.05, 4.69) is 5.32 Å². The summed E-state index contributed by atoms with van der Waals surface area (Å²) in [7, 11) is -4.15. The third-order valence-electron chi connectivity index (χ3n) is 5.87. The number of anilines is 1. The molecule has 0 spiro atoms. The normalized spacial score (nSPS) is 12.5. The van der Waals surface area contributed by atoms with Gasteiger partial charge in [0.05, 0.1) is 10.6 Å². The number of sulfonamides is 1. The van der Waals surface area contributed by atoms with Gasteiger partial charge >= 0.3 is 0 Å². The van der Waals surface area contributed by atoms with Crippen LogP contribution in [0.5, 0.6) is 0 Å². The summed E-state index contributed by atoms with van der Waals surface area (Å²) in [5.41, 5.74) is 0.550. The average Bonchev–Trinajstić information content (AvgIpc) is 2.87. The second-order valence-electron chi connectivity index (χ2n) is 10.1. The Morgan fingerprint density at radius 1 is 0.872 bits per heavy atom. The summed E-state index contributed by atoms with van der Waals surface area (Å²) >= 11 is 12.0. The summed E-state index contributed by atoms with van der Waals surface area (Å²) in [6.07, 6.45) is 0.330. The first-order valence-electron chi connectivity index (χ1n) is 12.5. The topological polar surface area (TPSA) is 86.8 Å². The van der Waals surface area contributed by atoms with Crippen LogP contribution in [-0.2, 0) is 26.2 Å². The van der Waals surface area contributed by atoms with Gasteiger partial charge in [0.1, 0.15) is 12.6 Å². The van der Waals surface area contributed by atoms with Crippen molar-refractivity contribution in [2.45, 2.75) is 57.1 Å². The number of nitrogens with zero attached hydrogens (tertiary/aromatic N) is 2. The first-order valence-corrected chi connectivity index (χ1v) is 14.7. The molecular weight excluding hydrogens is 557 g/mol. The van der Waals surface area contributed by atoms with E-state index in [1.807, 2.05) is 27.7 Å². The van der Waals surface area contributed by atoms with E-state index in [0.29, 0.717) is 22.2 Å². The van der Waals surface area contributed by atoms with Crippen molar-refractivity contribution in [2.24, 2.45) is 0 Å². The third-order valence-corrected chi connectivity index (χ3v) is 8.17. The highest BCUT2D eigenvalue weighted by atomic mass is 35.5. The Morgan fingerprint density at radius 2 is 1.41 bits per heavy atom. The molecule has 3 aromatic rings. The van der Waals surface area contributed by atoms with Crippen LogP contribution >= 0.6 is 23.2 Å². The van der Waals surface area contributed by atoms with Crippen LogP contribution < -0.4 is 9.62 Å². The quantitative estimate of drug-likeness (QED) is 0.318. The molecule has 208 valence electrons. The number of amides is 2. The minimum absolute atomic E-state index is 0.00896. The molecule has 0 saturated heterocycles. The summed E-state index contributed by atoms with van der Waals surface area (Å²) in [5, 5.41) is 3.88. The highest BCUT2D eigenvalue weighted by molar-refractivity contribution is 7.92. The highest BCUT2D eigenvalue weighted by Crippen LogP contribution is 2.26. The van der Waals surface area contributed by atoms with E-state index in [4.69, 9.17) is 23.2 Å². The molecule has 39 heavy (non-hydrogen) atoms. The maximum absolute atomic E-state index is 14.0. The van der Waals surface area contributed by atoms with Crippen LogP contribution in [0.25, 0.3) is 0 Å². The summed E-state index contributed by atoms with van der Waals surface area (Å²) in [6, 6.07) is 20.3. The van der Waals surface area contributed by atoms with E-state index in [-0.39, 0.29) is 17.3 Å². The zero-order valence-electron chi connectivity index (χ0n) is 22.4. The zero-order chi connectivity index (χ0) is 28.8. The van der Waals surface area contributed by atoms with E-state index in [9.17, 15) is 18.0 Å². The molecule has 0 aliphatic carbocycles. The standard InChI is InChI=1S/C29H33Cl2N3O4S/c1-5-26(28(36)32-29(2,3)4)33(19-21-11-13-22(30)14-12-21)27(35)20-34(24-9-7-6-8-10-24)39(37,38)25-17-15-23(31)16-18-25/h6-18,26H,5,19-20H2,1-4H3,(H,32,36)/t26-/m0/s1. The van der Waals surface area contributed by atoms with Gasteiger partial charge in [0.2, 0.25) is 11.8 Å². The van der Waals surface area contributed by atoms with E-state index >= 15 is 0 Å². The predicted molar refractivity (Wildman–Crippen MR) is 156 cm³/mol. The van der Waals surface area contributed by atoms with Crippen LogP contribution in [0, 0.1) is 0 Å². The summed E-state index contributed by atoms with van der Waals surface area (Å²) in [6.45, 7) is 6.97. The maximum atomic E-state index is 14.0. The first-order chi connectivity index (χ1) is 18.3. The number of carbonyl (C=O) groups is 2. The zero-order valence-corrected chi connectivity index (χ0v) is 24.7. The van der Waals surface area contributed by atoms with Gasteiger partial charge < -0.3 is 10.2 Å². The Bertz CT molecular complexity index is 1370. The number of halogens is 2. The van der Waals surface area contributed by atoms with Crippen molar-refractivity contribution in [1.82, 2.24) is 10.2 Å². The second-order valence-corrected chi connectivity index (χ2v) is 12.8. The largest absolute Gasteiger partial charge is 0.350 e. The van der Waals surface area contributed by atoms with Gasteiger partial charge in [-0.3, -0.25) is 13.9 Å². The summed E-state index contributed by atoms with van der Waals surface area (Å²) < 4.78 is 28.6. The van der Waals surface area contributed by atoms with Gasteiger partial charge in [-0.25, -0.2) is 8.42 Å². The fraction of sp³-hybridized carbons (Fsp3) is 0.310. The molecule has 0 bridgehead atoms. The lowest BCUT2D eigenvalue weighted by Crippen LogP contribution is -2.55. The molecule has 0 radical (unpaired) electrons. The van der Waals surface area contributed by atoms with Crippen molar-refractivity contribution in [3.8, 4) is 0 Å². The number of para-hydroxylation sites is 1. The van der Waals surface area contributed by atoms with Gasteiger partial charge in [0, 0.05) is 22.1 Å². The summed E-state index contributed by atoms with van der Waals surface area (Å²) in [5.74, 6) is -0.846. The Hall–Kier alpha value is -3.07. The molecule has 1 N–H and O–H groups in total. The number of benzene rings is 3. The molecule has 3 rings (SSSR count). The van der Waals surface area contributed by atoms with Gasteiger partial charge in [-0.05, 0) is 81.3 Å². The van der Waals surface area contributed by atoms with Crippen LogP contribution in [0.15, 0.2) is 83.8 Å². The van der Waals surface area contributed by atoms with E-state index in [0.717, 1.165) is 9.87 Å². The van der Waals surface area contributed by atoms with Crippen molar-refractivity contribution in [3.63, 3.8) is 0 Å². The molecule has 0 aliphatic rings. The minimum atomic E-state index is -4.15. The van der Waals surface area contributed by atoms with Gasteiger partial charge in [0.25, 0.3) is 10.0 Å². The lowest BCUT2D eigenvalue weighted by molar-refractivity contribution is -0.141. The fourth-order valence-corrected chi connectivity index (χ4v) is 5.68. The predicted octanol–water partition coefficient (Wildman–Crippen LogP) is 5.91. The molecule has 0 aliphatic heterocycles. The lowest BCUT2D eigenvalue weighted by Gasteiger charge is -2.34. The average molecular weight is 591 g/mol. The van der Waals surface area contributed by atoms with Gasteiger partial charge in [-0.1, -0.05) is 60.5 Å². The molecule has 10 heteroatoms. The highest BCUT2D eigenvalue weighted by Gasteiger charge is 2.34.